The highest BCUT2D eigenvalue weighted by atomic mass is 16.5. The molecule has 1 atom stereocenters. The van der Waals surface area contributed by atoms with E-state index in [1.807, 2.05) is 39.0 Å². The van der Waals surface area contributed by atoms with Crippen LogP contribution in [0.4, 0.5) is 0 Å². The summed E-state index contributed by atoms with van der Waals surface area (Å²) >= 11 is 0. The van der Waals surface area contributed by atoms with E-state index in [1.54, 1.807) is 0 Å². The van der Waals surface area contributed by atoms with Crippen molar-refractivity contribution in [2.45, 2.75) is 52.9 Å². The molecule has 0 radical (unpaired) electrons. The standard InChI is InChI=1S/C15H25NO2/c1-10(2)16-9-14(17)13-6-7-15(12(5)8-13)18-11(3)4/h6-8,10-11,14,16-17H,9H2,1-5H3. The van der Waals surface area contributed by atoms with Crippen LogP contribution >= 0.6 is 0 Å². The number of aliphatic hydroxyl groups excluding tert-OH is 1. The van der Waals surface area contributed by atoms with Crippen molar-refractivity contribution < 1.29 is 9.84 Å². The summed E-state index contributed by atoms with van der Waals surface area (Å²) in [6.07, 6.45) is -0.304. The molecule has 1 aromatic rings. The van der Waals surface area contributed by atoms with Gasteiger partial charge >= 0.3 is 0 Å². The first kappa shape index (κ1) is 15.0. The molecule has 0 saturated heterocycles. The van der Waals surface area contributed by atoms with E-state index in [0.29, 0.717) is 12.6 Å². The lowest BCUT2D eigenvalue weighted by molar-refractivity contribution is 0.171. The summed E-state index contributed by atoms with van der Waals surface area (Å²) in [5.74, 6) is 0.887. The van der Waals surface area contributed by atoms with Gasteiger partial charge in [0, 0.05) is 12.6 Å². The first-order valence-electron chi connectivity index (χ1n) is 6.58. The van der Waals surface area contributed by atoms with Gasteiger partial charge in [-0.15, -0.1) is 0 Å². The van der Waals surface area contributed by atoms with Gasteiger partial charge in [-0.1, -0.05) is 19.9 Å². The molecule has 0 heterocycles. The summed E-state index contributed by atoms with van der Waals surface area (Å²) in [4.78, 5) is 0. The minimum absolute atomic E-state index is 0.169. The molecular formula is C15H25NO2. The Morgan fingerprint density at radius 1 is 1.22 bits per heavy atom. The second-order valence-electron chi connectivity index (χ2n) is 5.27. The van der Waals surface area contributed by atoms with Gasteiger partial charge in [-0.2, -0.15) is 0 Å². The third kappa shape index (κ3) is 4.67. The molecule has 0 spiro atoms. The van der Waals surface area contributed by atoms with E-state index < -0.39 is 6.10 Å². The third-order valence-corrected chi connectivity index (χ3v) is 2.67. The van der Waals surface area contributed by atoms with Gasteiger partial charge < -0.3 is 15.2 Å². The fraction of sp³-hybridized carbons (Fsp3) is 0.600. The van der Waals surface area contributed by atoms with E-state index >= 15 is 0 Å². The highest BCUT2D eigenvalue weighted by Crippen LogP contribution is 2.23. The van der Waals surface area contributed by atoms with Gasteiger partial charge in [0.15, 0.2) is 0 Å². The molecule has 0 aliphatic rings. The number of nitrogens with one attached hydrogen (secondary N) is 1. The van der Waals surface area contributed by atoms with Gasteiger partial charge in [0.25, 0.3) is 0 Å². The van der Waals surface area contributed by atoms with Crippen LogP contribution < -0.4 is 10.1 Å². The summed E-state index contributed by atoms with van der Waals surface area (Å²) in [5, 5.41) is 13.3. The average molecular weight is 251 g/mol. The Hall–Kier alpha value is -1.06. The number of aliphatic hydroxyl groups is 1. The minimum atomic E-state index is -0.473. The fourth-order valence-electron chi connectivity index (χ4n) is 1.73. The van der Waals surface area contributed by atoms with Crippen molar-refractivity contribution in [3.05, 3.63) is 29.3 Å². The number of rotatable bonds is 6. The Labute approximate surface area is 110 Å². The van der Waals surface area contributed by atoms with Gasteiger partial charge in [0.2, 0.25) is 0 Å². The topological polar surface area (TPSA) is 41.5 Å². The van der Waals surface area contributed by atoms with Gasteiger partial charge in [-0.25, -0.2) is 0 Å². The maximum absolute atomic E-state index is 10.1. The van der Waals surface area contributed by atoms with Gasteiger partial charge in [-0.05, 0) is 44.0 Å². The molecule has 3 nitrogen and oxygen atoms in total. The van der Waals surface area contributed by atoms with Crippen molar-refractivity contribution in [1.29, 1.82) is 0 Å². The second-order valence-corrected chi connectivity index (χ2v) is 5.27. The summed E-state index contributed by atoms with van der Waals surface area (Å²) < 4.78 is 5.68. The van der Waals surface area contributed by atoms with E-state index in [2.05, 4.69) is 19.2 Å². The van der Waals surface area contributed by atoms with Crippen LogP contribution in [0.3, 0.4) is 0 Å². The van der Waals surface area contributed by atoms with Crippen molar-refractivity contribution in [2.24, 2.45) is 0 Å². The lowest BCUT2D eigenvalue weighted by Crippen LogP contribution is -2.27. The molecule has 0 aliphatic heterocycles. The van der Waals surface area contributed by atoms with Gasteiger partial charge in [0.1, 0.15) is 5.75 Å². The van der Waals surface area contributed by atoms with Crippen LogP contribution in [0.1, 0.15) is 44.9 Å². The minimum Gasteiger partial charge on any atom is -0.491 e. The largest absolute Gasteiger partial charge is 0.491 e. The molecule has 0 bridgehead atoms. The van der Waals surface area contributed by atoms with Gasteiger partial charge in [-0.3, -0.25) is 0 Å². The molecule has 1 rings (SSSR count). The Balaban J connectivity index is 2.71. The molecule has 102 valence electrons. The molecule has 0 fully saturated rings. The van der Waals surface area contributed by atoms with E-state index in [9.17, 15) is 5.11 Å². The Bertz CT molecular complexity index is 375. The van der Waals surface area contributed by atoms with Crippen LogP contribution in [-0.4, -0.2) is 23.8 Å². The van der Waals surface area contributed by atoms with Gasteiger partial charge in [0.05, 0.1) is 12.2 Å². The Morgan fingerprint density at radius 2 is 1.89 bits per heavy atom. The van der Waals surface area contributed by atoms with Crippen molar-refractivity contribution in [2.75, 3.05) is 6.54 Å². The highest BCUT2D eigenvalue weighted by Gasteiger charge is 2.10. The van der Waals surface area contributed by atoms with Crippen LogP contribution in [-0.2, 0) is 0 Å². The fourth-order valence-corrected chi connectivity index (χ4v) is 1.73. The molecule has 0 aliphatic carbocycles. The highest BCUT2D eigenvalue weighted by molar-refractivity contribution is 5.37. The summed E-state index contributed by atoms with van der Waals surface area (Å²) in [6, 6.07) is 6.23. The summed E-state index contributed by atoms with van der Waals surface area (Å²) in [6.45, 7) is 10.7. The van der Waals surface area contributed by atoms with Crippen LogP contribution in [0.15, 0.2) is 18.2 Å². The summed E-state index contributed by atoms with van der Waals surface area (Å²) in [7, 11) is 0. The smallest absolute Gasteiger partial charge is 0.122 e. The molecule has 0 aromatic heterocycles. The molecule has 1 unspecified atom stereocenters. The number of hydrogen-bond donors (Lipinski definition) is 2. The van der Waals surface area contributed by atoms with E-state index in [0.717, 1.165) is 16.9 Å². The number of benzene rings is 1. The van der Waals surface area contributed by atoms with E-state index in [-0.39, 0.29) is 6.10 Å². The molecule has 1 aromatic carbocycles. The maximum Gasteiger partial charge on any atom is 0.122 e. The zero-order chi connectivity index (χ0) is 13.7. The maximum atomic E-state index is 10.1. The number of ether oxygens (including phenoxy) is 1. The van der Waals surface area contributed by atoms with Crippen molar-refractivity contribution in [3.8, 4) is 5.75 Å². The SMILES string of the molecule is Cc1cc(C(O)CNC(C)C)ccc1OC(C)C. The molecule has 0 saturated carbocycles. The normalized spacial score (nSPS) is 13.1. The zero-order valence-corrected chi connectivity index (χ0v) is 12.0. The predicted octanol–water partition coefficient (Wildman–Crippen LogP) is 2.81. The average Bonchev–Trinajstić information content (AvgIpc) is 2.28. The molecule has 2 N–H and O–H groups in total. The second kappa shape index (κ2) is 6.76. The van der Waals surface area contributed by atoms with Crippen molar-refractivity contribution >= 4 is 0 Å². The summed E-state index contributed by atoms with van der Waals surface area (Å²) in [5.41, 5.74) is 1.99. The monoisotopic (exact) mass is 251 g/mol. The first-order chi connectivity index (χ1) is 8.40. The Morgan fingerprint density at radius 3 is 2.39 bits per heavy atom. The Kier molecular flexibility index (Phi) is 5.63. The zero-order valence-electron chi connectivity index (χ0n) is 12.0. The predicted molar refractivity (Wildman–Crippen MR) is 75.0 cm³/mol. The van der Waals surface area contributed by atoms with Crippen LogP contribution in [0.5, 0.6) is 5.75 Å². The van der Waals surface area contributed by atoms with E-state index in [1.165, 1.54) is 0 Å². The third-order valence-electron chi connectivity index (χ3n) is 2.67. The lowest BCUT2D eigenvalue weighted by Gasteiger charge is -2.17. The van der Waals surface area contributed by atoms with Crippen molar-refractivity contribution in [3.63, 3.8) is 0 Å². The first-order valence-corrected chi connectivity index (χ1v) is 6.58. The molecular weight excluding hydrogens is 226 g/mol. The van der Waals surface area contributed by atoms with Crippen LogP contribution in [0, 0.1) is 6.92 Å². The molecule has 3 heteroatoms. The quantitative estimate of drug-likeness (QED) is 0.817. The number of aryl methyl sites for hydroxylation is 1. The van der Waals surface area contributed by atoms with Crippen LogP contribution in [0.2, 0.25) is 0 Å². The number of hydrogen-bond acceptors (Lipinski definition) is 3. The van der Waals surface area contributed by atoms with Crippen LogP contribution in [0.25, 0.3) is 0 Å². The lowest BCUT2D eigenvalue weighted by atomic mass is 10.1. The molecule has 18 heavy (non-hydrogen) atoms. The van der Waals surface area contributed by atoms with Crippen molar-refractivity contribution in [1.82, 2.24) is 5.32 Å². The van der Waals surface area contributed by atoms with E-state index in [4.69, 9.17) is 4.74 Å². The molecule has 0 amide bonds.